The molecule has 0 atom stereocenters. The lowest BCUT2D eigenvalue weighted by molar-refractivity contribution is 0.0224. The second kappa shape index (κ2) is 9.06. The van der Waals surface area contributed by atoms with Crippen LogP contribution in [0.4, 0.5) is 0 Å². The molecule has 0 radical (unpaired) electrons. The summed E-state index contributed by atoms with van der Waals surface area (Å²) < 4.78 is 17.2. The predicted octanol–water partition coefficient (Wildman–Crippen LogP) is -0.584. The van der Waals surface area contributed by atoms with Crippen molar-refractivity contribution in [2.75, 3.05) is 40.1 Å². The van der Waals surface area contributed by atoms with Crippen molar-refractivity contribution in [3.63, 3.8) is 0 Å². The van der Waals surface area contributed by atoms with E-state index in [-0.39, 0.29) is 0 Å². The van der Waals surface area contributed by atoms with Gasteiger partial charge in [0, 0.05) is 7.11 Å². The first-order valence-electron chi connectivity index (χ1n) is 5.59. The van der Waals surface area contributed by atoms with Crippen LogP contribution in [0.25, 0.3) is 0 Å². The van der Waals surface area contributed by atoms with Gasteiger partial charge in [-0.3, -0.25) is 0 Å². The third-order valence-corrected chi connectivity index (χ3v) is 2.13. The summed E-state index contributed by atoms with van der Waals surface area (Å²) in [5, 5.41) is 4.04. The zero-order valence-corrected chi connectivity index (χ0v) is 10.2. The van der Waals surface area contributed by atoms with E-state index >= 15 is 0 Å². The fraction of sp³-hybridized carbons (Fsp3) is 0.800. The van der Waals surface area contributed by atoms with Crippen LogP contribution in [0.1, 0.15) is 5.82 Å². The summed E-state index contributed by atoms with van der Waals surface area (Å²) in [5.41, 5.74) is 5.50. The van der Waals surface area contributed by atoms with Gasteiger partial charge in [-0.2, -0.15) is 5.10 Å². The molecule has 0 aliphatic rings. The second-order valence-electron chi connectivity index (χ2n) is 3.32. The largest absolute Gasteiger partial charge is 0.382 e. The first-order chi connectivity index (χ1) is 8.38. The highest BCUT2D eigenvalue weighted by atomic mass is 16.5. The van der Waals surface area contributed by atoms with E-state index in [1.807, 2.05) is 0 Å². The van der Waals surface area contributed by atoms with Crippen LogP contribution in [0, 0.1) is 0 Å². The third kappa shape index (κ3) is 5.73. The van der Waals surface area contributed by atoms with Crippen molar-refractivity contribution < 1.29 is 14.2 Å². The highest BCUT2D eigenvalue weighted by Crippen LogP contribution is 1.92. The number of methoxy groups -OCH3 is 1. The lowest BCUT2D eigenvalue weighted by Crippen LogP contribution is -2.15. The molecule has 0 unspecified atom stereocenters. The number of hydrogen-bond acceptors (Lipinski definition) is 6. The van der Waals surface area contributed by atoms with E-state index in [2.05, 4.69) is 10.1 Å². The average Bonchev–Trinajstić information content (AvgIpc) is 2.80. The number of nitrogens with zero attached hydrogens (tertiary/aromatic N) is 3. The summed E-state index contributed by atoms with van der Waals surface area (Å²) >= 11 is 0. The van der Waals surface area contributed by atoms with Gasteiger partial charge in [0.05, 0.1) is 46.1 Å². The van der Waals surface area contributed by atoms with Crippen molar-refractivity contribution in [2.24, 2.45) is 5.73 Å². The minimum absolute atomic E-state index is 0.389. The summed E-state index contributed by atoms with van der Waals surface area (Å²) in [6.45, 7) is 3.97. The van der Waals surface area contributed by atoms with Crippen LogP contribution in [0.3, 0.4) is 0 Å². The van der Waals surface area contributed by atoms with Gasteiger partial charge in [-0.05, 0) is 0 Å². The second-order valence-corrected chi connectivity index (χ2v) is 3.32. The first-order valence-corrected chi connectivity index (χ1v) is 5.59. The van der Waals surface area contributed by atoms with Gasteiger partial charge in [0.15, 0.2) is 0 Å². The smallest absolute Gasteiger partial charge is 0.140 e. The molecule has 1 rings (SSSR count). The van der Waals surface area contributed by atoms with Gasteiger partial charge in [-0.15, -0.1) is 0 Å². The van der Waals surface area contributed by atoms with Crippen molar-refractivity contribution in [3.05, 3.63) is 12.2 Å². The Kier molecular flexibility index (Phi) is 7.48. The number of aromatic nitrogens is 3. The zero-order valence-electron chi connectivity index (χ0n) is 10.2. The van der Waals surface area contributed by atoms with Crippen LogP contribution in [-0.4, -0.2) is 54.9 Å². The lowest BCUT2D eigenvalue weighted by Gasteiger charge is -2.06. The van der Waals surface area contributed by atoms with E-state index in [1.54, 1.807) is 11.8 Å². The molecule has 0 aromatic carbocycles. The Balaban J connectivity index is 1.97. The Morgan fingerprint density at radius 3 is 2.59 bits per heavy atom. The Labute approximate surface area is 101 Å². The van der Waals surface area contributed by atoms with E-state index < -0.39 is 0 Å². The minimum Gasteiger partial charge on any atom is -0.382 e. The molecule has 0 aliphatic carbocycles. The van der Waals surface area contributed by atoms with E-state index in [4.69, 9.17) is 19.9 Å². The van der Waals surface area contributed by atoms with E-state index in [0.717, 1.165) is 5.82 Å². The fourth-order valence-electron chi connectivity index (χ4n) is 1.25. The molecule has 1 aromatic rings. The van der Waals surface area contributed by atoms with Gasteiger partial charge in [-0.1, -0.05) is 0 Å². The molecular formula is C10H20N4O3. The van der Waals surface area contributed by atoms with E-state index in [0.29, 0.717) is 46.1 Å². The van der Waals surface area contributed by atoms with Gasteiger partial charge in [0.25, 0.3) is 0 Å². The maximum Gasteiger partial charge on any atom is 0.140 e. The molecule has 0 spiro atoms. The molecule has 0 saturated carbocycles. The number of rotatable bonds is 10. The maximum atomic E-state index is 5.50. The van der Waals surface area contributed by atoms with Gasteiger partial charge in [0.1, 0.15) is 12.2 Å². The standard InChI is InChI=1S/C10H20N4O3/c1-15-4-5-17-7-6-16-3-2-14-10(8-11)12-9-13-14/h9H,2-8,11H2,1H3. The quantitative estimate of drug-likeness (QED) is 0.554. The molecule has 1 aromatic heterocycles. The molecule has 0 aliphatic heterocycles. The molecule has 0 fully saturated rings. The fourth-order valence-corrected chi connectivity index (χ4v) is 1.25. The molecule has 0 amide bonds. The van der Waals surface area contributed by atoms with Crippen molar-refractivity contribution in [3.8, 4) is 0 Å². The third-order valence-electron chi connectivity index (χ3n) is 2.13. The van der Waals surface area contributed by atoms with Gasteiger partial charge < -0.3 is 19.9 Å². The highest BCUT2D eigenvalue weighted by molar-refractivity contribution is 4.81. The van der Waals surface area contributed by atoms with E-state index in [9.17, 15) is 0 Å². The number of hydrogen-bond donors (Lipinski definition) is 1. The molecule has 7 nitrogen and oxygen atoms in total. The molecule has 0 saturated heterocycles. The summed E-state index contributed by atoms with van der Waals surface area (Å²) in [4.78, 5) is 4.02. The van der Waals surface area contributed by atoms with Crippen LogP contribution >= 0.6 is 0 Å². The zero-order chi connectivity index (χ0) is 12.3. The summed E-state index contributed by atoms with van der Waals surface area (Å²) in [7, 11) is 1.65. The number of nitrogens with two attached hydrogens (primary N) is 1. The summed E-state index contributed by atoms with van der Waals surface area (Å²) in [6, 6.07) is 0. The molecule has 1 heterocycles. The maximum absolute atomic E-state index is 5.50. The van der Waals surface area contributed by atoms with Crippen LogP contribution in [-0.2, 0) is 27.3 Å². The van der Waals surface area contributed by atoms with Gasteiger partial charge >= 0.3 is 0 Å². The molecular weight excluding hydrogens is 224 g/mol. The van der Waals surface area contributed by atoms with E-state index in [1.165, 1.54) is 6.33 Å². The molecule has 17 heavy (non-hydrogen) atoms. The van der Waals surface area contributed by atoms with Crippen LogP contribution in [0.15, 0.2) is 6.33 Å². The summed E-state index contributed by atoms with van der Waals surface area (Å²) in [6.07, 6.45) is 1.50. The van der Waals surface area contributed by atoms with Gasteiger partial charge in [0.2, 0.25) is 0 Å². The summed E-state index contributed by atoms with van der Waals surface area (Å²) in [5.74, 6) is 0.768. The van der Waals surface area contributed by atoms with Crippen LogP contribution in [0.2, 0.25) is 0 Å². The van der Waals surface area contributed by atoms with Crippen molar-refractivity contribution in [1.82, 2.24) is 14.8 Å². The monoisotopic (exact) mass is 244 g/mol. The Bertz CT molecular complexity index is 293. The molecule has 98 valence electrons. The number of ether oxygens (including phenoxy) is 3. The van der Waals surface area contributed by atoms with Crippen molar-refractivity contribution >= 4 is 0 Å². The molecule has 0 bridgehead atoms. The molecule has 7 heteroatoms. The predicted molar refractivity (Wildman–Crippen MR) is 61.4 cm³/mol. The Morgan fingerprint density at radius 2 is 1.88 bits per heavy atom. The first kappa shape index (κ1) is 14.0. The van der Waals surface area contributed by atoms with Gasteiger partial charge in [-0.25, -0.2) is 9.67 Å². The van der Waals surface area contributed by atoms with Crippen molar-refractivity contribution in [2.45, 2.75) is 13.1 Å². The lowest BCUT2D eigenvalue weighted by atomic mass is 10.6. The Morgan fingerprint density at radius 1 is 1.18 bits per heavy atom. The van der Waals surface area contributed by atoms with Crippen LogP contribution < -0.4 is 5.73 Å². The Hall–Kier alpha value is -1.02. The SMILES string of the molecule is COCCOCCOCCn1ncnc1CN. The topological polar surface area (TPSA) is 84.4 Å². The minimum atomic E-state index is 0.389. The van der Waals surface area contributed by atoms with Crippen LogP contribution in [0.5, 0.6) is 0 Å². The highest BCUT2D eigenvalue weighted by Gasteiger charge is 2.00. The molecule has 2 N–H and O–H groups in total. The van der Waals surface area contributed by atoms with Crippen molar-refractivity contribution in [1.29, 1.82) is 0 Å². The average molecular weight is 244 g/mol. The normalized spacial score (nSPS) is 10.9.